The Morgan fingerprint density at radius 3 is 2.90 bits per heavy atom. The number of rotatable bonds is 2. The van der Waals surface area contributed by atoms with Crippen molar-refractivity contribution in [2.24, 2.45) is 0 Å². The van der Waals surface area contributed by atoms with Crippen LogP contribution in [0.1, 0.15) is 50.0 Å². The lowest BCUT2D eigenvalue weighted by atomic mass is 9.86. The van der Waals surface area contributed by atoms with Crippen LogP contribution >= 0.6 is 0 Å². The summed E-state index contributed by atoms with van der Waals surface area (Å²) in [6.07, 6.45) is 6.76. The number of hydrogen-bond acceptors (Lipinski definition) is 2. The Labute approximate surface area is 120 Å². The minimum atomic E-state index is -0.0676. The summed E-state index contributed by atoms with van der Waals surface area (Å²) in [4.78, 5) is 12.4. The molecule has 1 heterocycles. The maximum Gasteiger partial charge on any atom is 0.231 e. The third-order valence-electron chi connectivity index (χ3n) is 4.37. The Bertz CT molecular complexity index is 548. The van der Waals surface area contributed by atoms with E-state index in [1.165, 1.54) is 30.5 Å². The van der Waals surface area contributed by atoms with Gasteiger partial charge in [-0.15, -0.1) is 0 Å². The minimum absolute atomic E-state index is 0.0676. The average molecular weight is 271 g/mol. The van der Waals surface area contributed by atoms with Gasteiger partial charge in [0.25, 0.3) is 0 Å². The predicted octanol–water partition coefficient (Wildman–Crippen LogP) is 3.52. The van der Waals surface area contributed by atoms with Crippen LogP contribution in [0.25, 0.3) is 0 Å². The highest BCUT2D eigenvalue weighted by Crippen LogP contribution is 2.36. The second kappa shape index (κ2) is 5.70. The highest BCUT2D eigenvalue weighted by molar-refractivity contribution is 5.87. The molecule has 0 saturated heterocycles. The lowest BCUT2D eigenvalue weighted by molar-refractivity contribution is -0.122. The second-order valence-corrected chi connectivity index (χ2v) is 5.67. The van der Waals surface area contributed by atoms with Crippen molar-refractivity contribution in [3.8, 4) is 5.75 Å². The topological polar surface area (TPSA) is 38.3 Å². The number of hydrogen-bond donors (Lipinski definition) is 1. The number of nitrogens with one attached hydrogen (secondary N) is 1. The molecule has 3 heteroatoms. The van der Waals surface area contributed by atoms with Crippen LogP contribution in [-0.2, 0) is 4.79 Å². The van der Waals surface area contributed by atoms with Gasteiger partial charge in [0, 0.05) is 5.70 Å². The lowest BCUT2D eigenvalue weighted by Gasteiger charge is -2.27. The van der Waals surface area contributed by atoms with E-state index in [-0.39, 0.29) is 11.8 Å². The molecule has 0 fully saturated rings. The van der Waals surface area contributed by atoms with E-state index in [4.69, 9.17) is 4.74 Å². The first-order valence-corrected chi connectivity index (χ1v) is 7.43. The fourth-order valence-corrected chi connectivity index (χ4v) is 3.22. The van der Waals surface area contributed by atoms with Gasteiger partial charge in [0.2, 0.25) is 5.91 Å². The van der Waals surface area contributed by atoms with Crippen LogP contribution in [0.15, 0.2) is 35.5 Å². The Morgan fingerprint density at radius 1 is 1.20 bits per heavy atom. The minimum Gasteiger partial charge on any atom is -0.497 e. The van der Waals surface area contributed by atoms with Crippen LogP contribution in [0, 0.1) is 0 Å². The second-order valence-electron chi connectivity index (χ2n) is 5.67. The van der Waals surface area contributed by atoms with Gasteiger partial charge in [0.1, 0.15) is 5.75 Å². The first-order chi connectivity index (χ1) is 9.78. The Morgan fingerprint density at radius 2 is 2.05 bits per heavy atom. The third kappa shape index (κ3) is 2.58. The van der Waals surface area contributed by atoms with E-state index in [2.05, 4.69) is 5.32 Å². The fraction of sp³-hybridized carbons (Fsp3) is 0.471. The molecule has 0 radical (unpaired) electrons. The van der Waals surface area contributed by atoms with Gasteiger partial charge in [0.15, 0.2) is 0 Å². The van der Waals surface area contributed by atoms with Gasteiger partial charge in [0.05, 0.1) is 13.0 Å². The standard InChI is InChI=1S/C17H21NO2/c1-20-14-8-5-7-12(10-14)15-11-13-6-3-2-4-9-16(13)18-17(15)19/h5,7-8,10,15H,2-4,6,9,11H2,1H3,(H,18,19). The summed E-state index contributed by atoms with van der Waals surface area (Å²) in [6.45, 7) is 0. The normalized spacial score (nSPS) is 22.9. The van der Waals surface area contributed by atoms with Crippen molar-refractivity contribution >= 4 is 5.91 Å². The molecule has 1 atom stereocenters. The van der Waals surface area contributed by atoms with E-state index in [0.717, 1.165) is 30.6 Å². The molecule has 1 aromatic carbocycles. The number of carbonyl (C=O) groups excluding carboxylic acids is 1. The average Bonchev–Trinajstić information content (AvgIpc) is 2.71. The highest BCUT2D eigenvalue weighted by atomic mass is 16.5. The molecule has 1 aliphatic heterocycles. The van der Waals surface area contributed by atoms with Crippen LogP contribution in [0.3, 0.4) is 0 Å². The van der Waals surface area contributed by atoms with E-state index >= 15 is 0 Å². The summed E-state index contributed by atoms with van der Waals surface area (Å²) < 4.78 is 5.26. The van der Waals surface area contributed by atoms with Gasteiger partial charge in [-0.1, -0.05) is 18.6 Å². The summed E-state index contributed by atoms with van der Waals surface area (Å²) in [5.74, 6) is 0.886. The molecule has 0 aromatic heterocycles. The highest BCUT2D eigenvalue weighted by Gasteiger charge is 2.29. The molecule has 0 spiro atoms. The van der Waals surface area contributed by atoms with Crippen molar-refractivity contribution in [1.29, 1.82) is 0 Å². The molecule has 1 aromatic rings. The van der Waals surface area contributed by atoms with Crippen molar-refractivity contribution in [3.05, 3.63) is 41.1 Å². The molecule has 2 aliphatic rings. The predicted molar refractivity (Wildman–Crippen MR) is 78.6 cm³/mol. The van der Waals surface area contributed by atoms with Crippen LogP contribution in [0.4, 0.5) is 0 Å². The number of allylic oxidation sites excluding steroid dienone is 2. The summed E-state index contributed by atoms with van der Waals surface area (Å²) in [6, 6.07) is 7.88. The number of benzene rings is 1. The molecule has 1 amide bonds. The summed E-state index contributed by atoms with van der Waals surface area (Å²) in [5, 5.41) is 3.14. The molecule has 20 heavy (non-hydrogen) atoms. The smallest absolute Gasteiger partial charge is 0.231 e. The molecule has 1 N–H and O–H groups in total. The fourth-order valence-electron chi connectivity index (χ4n) is 3.22. The molecule has 106 valence electrons. The molecule has 3 nitrogen and oxygen atoms in total. The number of methoxy groups -OCH3 is 1. The quantitative estimate of drug-likeness (QED) is 0.893. The van der Waals surface area contributed by atoms with Crippen molar-refractivity contribution in [3.63, 3.8) is 0 Å². The van der Waals surface area contributed by atoms with E-state index < -0.39 is 0 Å². The molecular weight excluding hydrogens is 250 g/mol. The monoisotopic (exact) mass is 271 g/mol. The van der Waals surface area contributed by atoms with Gasteiger partial charge < -0.3 is 10.1 Å². The molecular formula is C17H21NO2. The van der Waals surface area contributed by atoms with E-state index in [9.17, 15) is 4.79 Å². The first kappa shape index (κ1) is 13.2. The van der Waals surface area contributed by atoms with Crippen molar-refractivity contribution < 1.29 is 9.53 Å². The zero-order chi connectivity index (χ0) is 13.9. The van der Waals surface area contributed by atoms with Gasteiger partial charge in [-0.2, -0.15) is 0 Å². The Kier molecular flexibility index (Phi) is 3.77. The molecule has 0 bridgehead atoms. The largest absolute Gasteiger partial charge is 0.497 e. The van der Waals surface area contributed by atoms with Crippen LogP contribution in [0.2, 0.25) is 0 Å². The molecule has 3 rings (SSSR count). The van der Waals surface area contributed by atoms with Gasteiger partial charge in [-0.25, -0.2) is 0 Å². The van der Waals surface area contributed by atoms with E-state index in [1.54, 1.807) is 7.11 Å². The van der Waals surface area contributed by atoms with Gasteiger partial charge in [-0.3, -0.25) is 4.79 Å². The van der Waals surface area contributed by atoms with Crippen LogP contribution in [-0.4, -0.2) is 13.0 Å². The number of ether oxygens (including phenoxy) is 1. The SMILES string of the molecule is COc1cccc(C2CC3=C(CCCCC3)NC2=O)c1. The van der Waals surface area contributed by atoms with Gasteiger partial charge >= 0.3 is 0 Å². The first-order valence-electron chi connectivity index (χ1n) is 7.43. The maximum absolute atomic E-state index is 12.4. The van der Waals surface area contributed by atoms with Crippen molar-refractivity contribution in [2.75, 3.05) is 7.11 Å². The number of carbonyl (C=O) groups is 1. The number of amides is 1. The van der Waals surface area contributed by atoms with Crippen LogP contribution in [0.5, 0.6) is 5.75 Å². The molecule has 1 aliphatic carbocycles. The van der Waals surface area contributed by atoms with E-state index in [0.29, 0.717) is 0 Å². The third-order valence-corrected chi connectivity index (χ3v) is 4.37. The van der Waals surface area contributed by atoms with Crippen LogP contribution < -0.4 is 10.1 Å². The lowest BCUT2D eigenvalue weighted by Crippen LogP contribution is -2.34. The zero-order valence-electron chi connectivity index (χ0n) is 11.9. The van der Waals surface area contributed by atoms with E-state index in [1.807, 2.05) is 24.3 Å². The van der Waals surface area contributed by atoms with Gasteiger partial charge in [-0.05, 0) is 55.4 Å². The molecule has 1 unspecified atom stereocenters. The van der Waals surface area contributed by atoms with Crippen molar-refractivity contribution in [2.45, 2.75) is 44.4 Å². The summed E-state index contributed by atoms with van der Waals surface area (Å²) >= 11 is 0. The summed E-state index contributed by atoms with van der Waals surface area (Å²) in [5.41, 5.74) is 3.71. The Hall–Kier alpha value is -1.77. The summed E-state index contributed by atoms with van der Waals surface area (Å²) in [7, 11) is 1.66. The molecule has 0 saturated carbocycles. The zero-order valence-corrected chi connectivity index (χ0v) is 11.9. The van der Waals surface area contributed by atoms with Crippen molar-refractivity contribution in [1.82, 2.24) is 5.32 Å². The maximum atomic E-state index is 12.4. The Balaban J connectivity index is 1.87.